The van der Waals surface area contributed by atoms with Crippen LogP contribution in [0.2, 0.25) is 0 Å². The van der Waals surface area contributed by atoms with Crippen LogP contribution in [-0.2, 0) is 0 Å². The van der Waals surface area contributed by atoms with E-state index in [4.69, 9.17) is 0 Å². The molecule has 0 saturated carbocycles. The summed E-state index contributed by atoms with van der Waals surface area (Å²) in [5.41, 5.74) is 4.75. The first kappa shape index (κ1) is 17.3. The van der Waals surface area contributed by atoms with Gasteiger partial charge in [0.2, 0.25) is 0 Å². The van der Waals surface area contributed by atoms with Crippen molar-refractivity contribution in [3.63, 3.8) is 0 Å². The van der Waals surface area contributed by atoms with Crippen LogP contribution < -0.4 is 5.32 Å². The summed E-state index contributed by atoms with van der Waals surface area (Å²) >= 11 is 1.87. The average Bonchev–Trinajstić information content (AvgIpc) is 3.18. The largest absolute Gasteiger partial charge is 0.355 e. The van der Waals surface area contributed by atoms with Crippen molar-refractivity contribution in [2.75, 3.05) is 5.32 Å². The van der Waals surface area contributed by atoms with Crippen molar-refractivity contribution in [1.82, 2.24) is 0 Å². The molecule has 0 bridgehead atoms. The van der Waals surface area contributed by atoms with E-state index in [9.17, 15) is 0 Å². The molecule has 0 aliphatic heterocycles. The van der Waals surface area contributed by atoms with Crippen molar-refractivity contribution < 1.29 is 0 Å². The molecule has 0 atom stereocenters. The van der Waals surface area contributed by atoms with Gasteiger partial charge in [0, 0.05) is 36.9 Å². The highest BCUT2D eigenvalue weighted by Gasteiger charge is 2.10. The second-order valence-electron chi connectivity index (χ2n) is 7.51. The zero-order valence-corrected chi connectivity index (χ0v) is 17.1. The van der Waals surface area contributed by atoms with Gasteiger partial charge in [-0.2, -0.15) is 0 Å². The summed E-state index contributed by atoms with van der Waals surface area (Å²) in [6, 6.07) is 38.9. The van der Waals surface area contributed by atoms with E-state index in [1.807, 2.05) is 11.3 Å². The Hall–Kier alpha value is -3.62. The highest BCUT2D eigenvalue weighted by molar-refractivity contribution is 7.26. The van der Waals surface area contributed by atoms with Crippen LogP contribution in [0.25, 0.3) is 42.1 Å². The normalized spacial score (nSPS) is 11.3. The first-order valence-corrected chi connectivity index (χ1v) is 10.9. The molecule has 0 unspecified atom stereocenters. The van der Waals surface area contributed by atoms with Gasteiger partial charge in [-0.1, -0.05) is 84.9 Å². The minimum atomic E-state index is 1.10. The van der Waals surface area contributed by atoms with Crippen LogP contribution in [0.5, 0.6) is 0 Å². The first-order chi connectivity index (χ1) is 14.9. The molecule has 0 fully saturated rings. The molecule has 5 aromatic carbocycles. The van der Waals surface area contributed by atoms with Crippen molar-refractivity contribution in [1.29, 1.82) is 0 Å². The van der Waals surface area contributed by atoms with Crippen molar-refractivity contribution >= 4 is 53.7 Å². The number of anilines is 2. The molecule has 0 radical (unpaired) electrons. The first-order valence-electron chi connectivity index (χ1n) is 10.1. The zero-order chi connectivity index (χ0) is 19.9. The summed E-state index contributed by atoms with van der Waals surface area (Å²) in [5.74, 6) is 0. The lowest BCUT2D eigenvalue weighted by atomic mass is 10.0. The smallest absolute Gasteiger partial charge is 0.0463 e. The van der Waals surface area contributed by atoms with Crippen molar-refractivity contribution in [3.8, 4) is 11.1 Å². The molecule has 1 aromatic heterocycles. The van der Waals surface area contributed by atoms with Crippen LogP contribution in [-0.4, -0.2) is 0 Å². The van der Waals surface area contributed by atoms with Crippen LogP contribution in [0, 0.1) is 0 Å². The minimum Gasteiger partial charge on any atom is -0.355 e. The van der Waals surface area contributed by atoms with Gasteiger partial charge < -0.3 is 5.32 Å². The molecule has 2 heteroatoms. The Labute approximate surface area is 179 Å². The molecule has 30 heavy (non-hydrogen) atoms. The van der Waals surface area contributed by atoms with Gasteiger partial charge >= 0.3 is 0 Å². The summed E-state index contributed by atoms with van der Waals surface area (Å²) in [6.07, 6.45) is 0. The van der Waals surface area contributed by atoms with E-state index in [-0.39, 0.29) is 0 Å². The Bertz CT molecular complexity index is 1520. The molecule has 6 rings (SSSR count). The summed E-state index contributed by atoms with van der Waals surface area (Å²) in [4.78, 5) is 0. The lowest BCUT2D eigenvalue weighted by Gasteiger charge is -2.12. The molecular formula is C28H19NS. The van der Waals surface area contributed by atoms with E-state index in [2.05, 4.69) is 115 Å². The standard InChI is InChI=1S/C28H19NS/c1-2-12-22-19(8-1)9-6-16-26(22)29-21-11-5-10-20(18-21)23-14-7-15-25-24-13-3-4-17-27(24)30-28(23)25/h1-18,29H. The van der Waals surface area contributed by atoms with Crippen molar-refractivity contribution in [2.45, 2.75) is 0 Å². The van der Waals surface area contributed by atoms with E-state index in [0.717, 1.165) is 11.4 Å². The predicted octanol–water partition coefficient (Wildman–Crippen LogP) is 8.62. The number of benzene rings is 5. The fraction of sp³-hybridized carbons (Fsp3) is 0. The molecule has 1 N–H and O–H groups in total. The topological polar surface area (TPSA) is 12.0 Å². The molecular weight excluding hydrogens is 382 g/mol. The molecule has 0 spiro atoms. The number of hydrogen-bond donors (Lipinski definition) is 1. The third-order valence-electron chi connectivity index (χ3n) is 5.65. The second kappa shape index (κ2) is 7.01. The Morgan fingerprint density at radius 3 is 2.27 bits per heavy atom. The molecule has 0 aliphatic rings. The van der Waals surface area contributed by atoms with Gasteiger partial charge in [0.25, 0.3) is 0 Å². The van der Waals surface area contributed by atoms with Gasteiger partial charge in [0.15, 0.2) is 0 Å². The maximum absolute atomic E-state index is 3.64. The monoisotopic (exact) mass is 401 g/mol. The Balaban J connectivity index is 1.46. The Kier molecular flexibility index (Phi) is 4.03. The van der Waals surface area contributed by atoms with E-state index in [1.54, 1.807) is 0 Å². The quantitative estimate of drug-likeness (QED) is 0.313. The molecule has 0 amide bonds. The van der Waals surface area contributed by atoms with E-state index in [1.165, 1.54) is 42.1 Å². The Morgan fingerprint density at radius 1 is 0.567 bits per heavy atom. The number of fused-ring (bicyclic) bond motifs is 4. The number of hydrogen-bond acceptors (Lipinski definition) is 2. The van der Waals surface area contributed by atoms with E-state index < -0.39 is 0 Å². The molecule has 0 aliphatic carbocycles. The average molecular weight is 402 g/mol. The van der Waals surface area contributed by atoms with Crippen LogP contribution in [0.3, 0.4) is 0 Å². The molecule has 1 nitrogen and oxygen atoms in total. The molecule has 0 saturated heterocycles. The van der Waals surface area contributed by atoms with E-state index >= 15 is 0 Å². The van der Waals surface area contributed by atoms with Gasteiger partial charge in [-0.25, -0.2) is 0 Å². The van der Waals surface area contributed by atoms with Gasteiger partial charge in [0.05, 0.1) is 0 Å². The number of rotatable bonds is 3. The predicted molar refractivity (Wildman–Crippen MR) is 132 cm³/mol. The van der Waals surface area contributed by atoms with Crippen LogP contribution >= 0.6 is 11.3 Å². The summed E-state index contributed by atoms with van der Waals surface area (Å²) in [6.45, 7) is 0. The Morgan fingerprint density at radius 2 is 1.30 bits per heavy atom. The zero-order valence-electron chi connectivity index (χ0n) is 16.3. The number of nitrogens with one attached hydrogen (secondary N) is 1. The van der Waals surface area contributed by atoms with E-state index in [0.29, 0.717) is 0 Å². The highest BCUT2D eigenvalue weighted by atomic mass is 32.1. The summed E-state index contributed by atoms with van der Waals surface area (Å²) in [7, 11) is 0. The summed E-state index contributed by atoms with van der Waals surface area (Å²) < 4.78 is 2.69. The lowest BCUT2D eigenvalue weighted by molar-refractivity contribution is 1.57. The SMILES string of the molecule is c1cc(Nc2cccc3ccccc23)cc(-c2cccc3c2sc2ccccc23)c1. The van der Waals surface area contributed by atoms with Gasteiger partial charge in [0.1, 0.15) is 0 Å². The fourth-order valence-electron chi connectivity index (χ4n) is 4.23. The van der Waals surface area contributed by atoms with Crippen LogP contribution in [0.15, 0.2) is 109 Å². The van der Waals surface area contributed by atoms with Crippen molar-refractivity contribution in [2.24, 2.45) is 0 Å². The van der Waals surface area contributed by atoms with Gasteiger partial charge in [-0.3, -0.25) is 0 Å². The summed E-state index contributed by atoms with van der Waals surface area (Å²) in [5, 5.41) is 8.78. The molecule has 6 aromatic rings. The maximum Gasteiger partial charge on any atom is 0.0463 e. The van der Waals surface area contributed by atoms with Gasteiger partial charge in [-0.05, 0) is 40.8 Å². The third-order valence-corrected chi connectivity index (χ3v) is 6.87. The maximum atomic E-state index is 3.64. The second-order valence-corrected chi connectivity index (χ2v) is 8.57. The van der Waals surface area contributed by atoms with Crippen LogP contribution in [0.1, 0.15) is 0 Å². The fourth-order valence-corrected chi connectivity index (χ4v) is 5.47. The molecule has 1 heterocycles. The highest BCUT2D eigenvalue weighted by Crippen LogP contribution is 2.40. The molecule has 142 valence electrons. The van der Waals surface area contributed by atoms with Crippen molar-refractivity contribution in [3.05, 3.63) is 109 Å². The number of thiophene rings is 1. The lowest BCUT2D eigenvalue weighted by Crippen LogP contribution is -1.92. The van der Waals surface area contributed by atoms with Gasteiger partial charge in [-0.15, -0.1) is 11.3 Å². The minimum absolute atomic E-state index is 1.10. The van der Waals surface area contributed by atoms with Crippen LogP contribution in [0.4, 0.5) is 11.4 Å². The third kappa shape index (κ3) is 2.85.